The van der Waals surface area contributed by atoms with Gasteiger partial charge in [0, 0.05) is 17.8 Å². The maximum absolute atomic E-state index is 11.2. The molecule has 0 amide bonds. The van der Waals surface area contributed by atoms with Crippen LogP contribution < -0.4 is 0 Å². The molecule has 17 heavy (non-hydrogen) atoms. The maximum Gasteiger partial charge on any atom is 0.333 e. The summed E-state index contributed by atoms with van der Waals surface area (Å²) in [4.78, 5) is 13.4. The Bertz CT molecular complexity index is 272. The van der Waals surface area contributed by atoms with Gasteiger partial charge in [0.1, 0.15) is 0 Å². The zero-order valence-electron chi connectivity index (χ0n) is 12.1. The van der Waals surface area contributed by atoms with Crippen molar-refractivity contribution < 1.29 is 9.90 Å². The fourth-order valence-corrected chi connectivity index (χ4v) is 2.20. The summed E-state index contributed by atoms with van der Waals surface area (Å²) in [6.45, 7) is 12.3. The second-order valence-electron chi connectivity index (χ2n) is 5.08. The van der Waals surface area contributed by atoms with Gasteiger partial charge in [0.2, 0.25) is 0 Å². The van der Waals surface area contributed by atoms with E-state index in [4.69, 9.17) is 0 Å². The molecule has 3 heteroatoms. The van der Waals surface area contributed by atoms with Gasteiger partial charge in [0.25, 0.3) is 0 Å². The van der Waals surface area contributed by atoms with E-state index < -0.39 is 5.97 Å². The van der Waals surface area contributed by atoms with Crippen molar-refractivity contribution in [2.75, 3.05) is 0 Å². The molecule has 0 heterocycles. The summed E-state index contributed by atoms with van der Waals surface area (Å²) in [7, 11) is 0. The zero-order valence-corrected chi connectivity index (χ0v) is 12.1. The molecule has 0 aliphatic heterocycles. The van der Waals surface area contributed by atoms with Gasteiger partial charge >= 0.3 is 5.97 Å². The van der Waals surface area contributed by atoms with Crippen LogP contribution in [0.1, 0.15) is 60.8 Å². The first-order valence-electron chi connectivity index (χ1n) is 6.54. The van der Waals surface area contributed by atoms with Crippen molar-refractivity contribution in [1.82, 2.24) is 4.90 Å². The molecular weight excluding hydrogens is 214 g/mol. The van der Waals surface area contributed by atoms with Crippen LogP contribution in [0.25, 0.3) is 0 Å². The molecule has 1 N–H and O–H groups in total. The third-order valence-corrected chi connectivity index (χ3v) is 2.95. The highest BCUT2D eigenvalue weighted by Gasteiger charge is 2.20. The summed E-state index contributed by atoms with van der Waals surface area (Å²) in [5.41, 5.74) is 1.48. The molecule has 0 spiro atoms. The summed E-state index contributed by atoms with van der Waals surface area (Å²) in [5.74, 6) is -0.803. The van der Waals surface area contributed by atoms with Crippen LogP contribution in [0.2, 0.25) is 0 Å². The summed E-state index contributed by atoms with van der Waals surface area (Å²) < 4.78 is 0. The van der Waals surface area contributed by atoms with E-state index in [2.05, 4.69) is 39.5 Å². The van der Waals surface area contributed by atoms with E-state index in [1.165, 1.54) is 0 Å². The van der Waals surface area contributed by atoms with Crippen molar-refractivity contribution in [3.05, 3.63) is 11.3 Å². The molecule has 0 unspecified atom stereocenters. The summed E-state index contributed by atoms with van der Waals surface area (Å²) in [6, 6.07) is 0.660. The monoisotopic (exact) mass is 241 g/mol. The Hall–Kier alpha value is -0.990. The fourth-order valence-electron chi connectivity index (χ4n) is 2.20. The van der Waals surface area contributed by atoms with E-state index in [1.54, 1.807) is 6.92 Å². The largest absolute Gasteiger partial charge is 0.478 e. The van der Waals surface area contributed by atoms with E-state index >= 15 is 0 Å². The molecule has 0 fully saturated rings. The topological polar surface area (TPSA) is 40.5 Å². The highest BCUT2D eigenvalue weighted by Crippen LogP contribution is 2.23. The lowest BCUT2D eigenvalue weighted by Gasteiger charge is -2.36. The van der Waals surface area contributed by atoms with Gasteiger partial charge < -0.3 is 10.0 Å². The lowest BCUT2D eigenvalue weighted by Crippen LogP contribution is -2.37. The number of hydrogen-bond donors (Lipinski definition) is 1. The zero-order chi connectivity index (χ0) is 13.6. The highest BCUT2D eigenvalue weighted by molar-refractivity contribution is 5.86. The number of hydrogen-bond acceptors (Lipinski definition) is 2. The summed E-state index contributed by atoms with van der Waals surface area (Å²) in [6.07, 6.45) is 2.97. The predicted molar refractivity (Wildman–Crippen MR) is 72.0 cm³/mol. The molecule has 0 aliphatic rings. The minimum atomic E-state index is -0.803. The van der Waals surface area contributed by atoms with Crippen LogP contribution in [0.4, 0.5) is 0 Å². The van der Waals surface area contributed by atoms with Crippen LogP contribution in [0.15, 0.2) is 11.3 Å². The van der Waals surface area contributed by atoms with E-state index in [1.807, 2.05) is 0 Å². The van der Waals surface area contributed by atoms with E-state index in [-0.39, 0.29) is 0 Å². The van der Waals surface area contributed by atoms with E-state index in [9.17, 15) is 9.90 Å². The van der Waals surface area contributed by atoms with Gasteiger partial charge in [-0.2, -0.15) is 0 Å². The van der Waals surface area contributed by atoms with Crippen molar-refractivity contribution in [2.24, 2.45) is 0 Å². The molecule has 0 aromatic rings. The molecule has 0 aromatic heterocycles. The number of carbonyl (C=O) groups is 1. The molecule has 0 bridgehead atoms. The summed E-state index contributed by atoms with van der Waals surface area (Å²) in [5, 5.41) is 9.18. The summed E-state index contributed by atoms with van der Waals surface area (Å²) >= 11 is 0. The minimum absolute atomic E-state index is 0.330. The van der Waals surface area contributed by atoms with Crippen LogP contribution in [-0.4, -0.2) is 28.1 Å². The number of nitrogens with zero attached hydrogens (tertiary/aromatic N) is 1. The first kappa shape index (κ1) is 16.0. The van der Waals surface area contributed by atoms with Crippen LogP contribution >= 0.6 is 0 Å². The Morgan fingerprint density at radius 1 is 1.18 bits per heavy atom. The van der Waals surface area contributed by atoms with Gasteiger partial charge in [-0.1, -0.05) is 13.3 Å². The highest BCUT2D eigenvalue weighted by atomic mass is 16.4. The predicted octanol–water partition coefficient (Wildman–Crippen LogP) is 3.65. The first-order valence-corrected chi connectivity index (χ1v) is 6.54. The van der Waals surface area contributed by atoms with Crippen LogP contribution in [0, 0.1) is 0 Å². The van der Waals surface area contributed by atoms with Crippen LogP contribution in [-0.2, 0) is 4.79 Å². The molecule has 3 nitrogen and oxygen atoms in total. The van der Waals surface area contributed by atoms with Crippen molar-refractivity contribution in [3.8, 4) is 0 Å². The molecule has 0 rings (SSSR count). The standard InChI is InChI=1S/C14H27NO2/c1-7-8-9-13(12(6)14(16)17)15(10(2)3)11(4)5/h10-11H,7-9H2,1-6H3,(H,16,17)/b13-12+. The second kappa shape index (κ2) is 7.36. The Balaban J connectivity index is 5.27. The molecule has 100 valence electrons. The van der Waals surface area contributed by atoms with Crippen molar-refractivity contribution in [3.63, 3.8) is 0 Å². The SMILES string of the molecule is CCCC/C(=C(/C)C(=O)O)N(C(C)C)C(C)C. The lowest BCUT2D eigenvalue weighted by atomic mass is 10.0. The van der Waals surface area contributed by atoms with Crippen molar-refractivity contribution in [2.45, 2.75) is 72.9 Å². The molecule has 0 radical (unpaired) electrons. The molecule has 0 aliphatic carbocycles. The van der Waals surface area contributed by atoms with E-state index in [0.717, 1.165) is 25.0 Å². The van der Waals surface area contributed by atoms with Crippen molar-refractivity contribution in [1.29, 1.82) is 0 Å². The van der Waals surface area contributed by atoms with Gasteiger partial charge in [-0.05, 0) is 47.5 Å². The number of unbranched alkanes of at least 4 members (excludes halogenated alkanes) is 1. The lowest BCUT2D eigenvalue weighted by molar-refractivity contribution is -0.132. The van der Waals surface area contributed by atoms with Crippen LogP contribution in [0.3, 0.4) is 0 Å². The quantitative estimate of drug-likeness (QED) is 0.692. The molecule has 0 atom stereocenters. The molecule has 0 aromatic carbocycles. The number of carboxylic acid groups (broad SMARTS) is 1. The van der Waals surface area contributed by atoms with Crippen LogP contribution in [0.5, 0.6) is 0 Å². The van der Waals surface area contributed by atoms with Gasteiger partial charge in [-0.25, -0.2) is 4.79 Å². The van der Waals surface area contributed by atoms with Gasteiger partial charge in [-0.3, -0.25) is 0 Å². The first-order chi connectivity index (χ1) is 7.82. The van der Waals surface area contributed by atoms with Gasteiger partial charge in [0.15, 0.2) is 0 Å². The smallest absolute Gasteiger partial charge is 0.333 e. The Morgan fingerprint density at radius 2 is 1.65 bits per heavy atom. The third-order valence-electron chi connectivity index (χ3n) is 2.95. The number of carboxylic acids is 1. The Labute approximate surface area is 106 Å². The second-order valence-corrected chi connectivity index (χ2v) is 5.08. The normalized spacial score (nSPS) is 12.9. The average molecular weight is 241 g/mol. The molecular formula is C14H27NO2. The number of allylic oxidation sites excluding steroid dienone is 1. The van der Waals surface area contributed by atoms with Gasteiger partial charge in [-0.15, -0.1) is 0 Å². The Kier molecular flexibility index (Phi) is 6.93. The van der Waals surface area contributed by atoms with Crippen molar-refractivity contribution >= 4 is 5.97 Å². The maximum atomic E-state index is 11.2. The minimum Gasteiger partial charge on any atom is -0.478 e. The van der Waals surface area contributed by atoms with E-state index in [0.29, 0.717) is 17.7 Å². The third kappa shape index (κ3) is 4.80. The molecule has 0 saturated carbocycles. The fraction of sp³-hybridized carbons (Fsp3) is 0.786. The number of aliphatic carboxylic acids is 1. The number of rotatable bonds is 7. The average Bonchev–Trinajstić information content (AvgIpc) is 2.21. The van der Waals surface area contributed by atoms with Gasteiger partial charge in [0.05, 0.1) is 5.57 Å². The Morgan fingerprint density at radius 3 is 1.94 bits per heavy atom. The molecule has 0 saturated heterocycles.